The fourth-order valence-electron chi connectivity index (χ4n) is 4.70. The predicted molar refractivity (Wildman–Crippen MR) is 116 cm³/mol. The first-order valence-electron chi connectivity index (χ1n) is 10.3. The van der Waals surface area contributed by atoms with E-state index in [-0.39, 0.29) is 46.2 Å². The van der Waals surface area contributed by atoms with Gasteiger partial charge in [-0.05, 0) is 25.5 Å². The van der Waals surface area contributed by atoms with Crippen LogP contribution >= 0.6 is 11.8 Å². The number of thioether (sulfide) groups is 1. The fourth-order valence-corrected chi connectivity index (χ4v) is 6.18. The maximum absolute atomic E-state index is 12.6. The monoisotopic (exact) mass is 463 g/mol. The molecule has 0 spiro atoms. The minimum absolute atomic E-state index is 0.0352. The number of aliphatic hydroxyl groups is 1. The number of fused-ring (bicyclic) bond motifs is 1. The van der Waals surface area contributed by atoms with Crippen molar-refractivity contribution in [2.75, 3.05) is 11.9 Å². The van der Waals surface area contributed by atoms with Gasteiger partial charge in [-0.15, -0.1) is 11.8 Å². The van der Waals surface area contributed by atoms with Crippen LogP contribution in [0.1, 0.15) is 20.3 Å². The number of rotatable bonds is 6. The quantitative estimate of drug-likeness (QED) is 0.263. The number of nitrogens with zero attached hydrogens (tertiary/aromatic N) is 1. The second kappa shape index (κ2) is 8.30. The number of carbonyl (C=O) groups excluding carboxylic acids is 2. The van der Waals surface area contributed by atoms with E-state index in [4.69, 9.17) is 0 Å². The van der Waals surface area contributed by atoms with Gasteiger partial charge in [-0.2, -0.15) is 0 Å². The number of nitrogens with one attached hydrogen (secondary N) is 2. The number of benzene rings is 1. The highest BCUT2D eigenvalue weighted by Crippen LogP contribution is 2.51. The van der Waals surface area contributed by atoms with Crippen LogP contribution in [0.4, 0.5) is 5.69 Å². The van der Waals surface area contributed by atoms with E-state index in [0.717, 1.165) is 0 Å². The van der Waals surface area contributed by atoms with Gasteiger partial charge in [0.2, 0.25) is 11.8 Å². The summed E-state index contributed by atoms with van der Waals surface area (Å²) in [5, 5.41) is 44.7. The summed E-state index contributed by atoms with van der Waals surface area (Å²) in [6.07, 6.45) is -0.446. The Morgan fingerprint density at radius 3 is 2.69 bits per heavy atom. The Labute approximate surface area is 188 Å². The van der Waals surface area contributed by atoms with Crippen molar-refractivity contribution in [3.05, 3.63) is 28.8 Å². The maximum Gasteiger partial charge on any atom is 0.353 e. The highest BCUT2D eigenvalue weighted by atomic mass is 32.2. The highest BCUT2D eigenvalue weighted by Gasteiger charge is 2.60. The first-order valence-corrected chi connectivity index (χ1v) is 11.2. The number of β-lactam (4-membered cyclic amide) rings is 1. The van der Waals surface area contributed by atoms with Gasteiger partial charge in [-0.25, -0.2) is 4.79 Å². The van der Waals surface area contributed by atoms with Crippen LogP contribution < -0.4 is 10.6 Å². The molecule has 6 atom stereocenters. The van der Waals surface area contributed by atoms with Crippen LogP contribution in [0.3, 0.4) is 0 Å². The van der Waals surface area contributed by atoms with Gasteiger partial charge in [-0.3, -0.25) is 9.59 Å². The Morgan fingerprint density at radius 2 is 2.03 bits per heavy atom. The van der Waals surface area contributed by atoms with Gasteiger partial charge < -0.3 is 36.0 Å². The first kappa shape index (κ1) is 22.4. The Bertz CT molecular complexity index is 1010. The number of carboxylic acids is 1. The van der Waals surface area contributed by atoms with Crippen molar-refractivity contribution in [3.63, 3.8) is 0 Å². The van der Waals surface area contributed by atoms with Crippen molar-refractivity contribution in [2.24, 2.45) is 11.8 Å². The van der Waals surface area contributed by atoms with Crippen molar-refractivity contribution in [1.82, 2.24) is 10.2 Å². The van der Waals surface area contributed by atoms with Gasteiger partial charge in [0.25, 0.3) is 0 Å². The van der Waals surface area contributed by atoms with E-state index in [2.05, 4.69) is 10.6 Å². The van der Waals surface area contributed by atoms with E-state index >= 15 is 0 Å². The minimum atomic E-state index is -1.18. The molecule has 2 saturated heterocycles. The minimum Gasteiger partial charge on any atom is -0.504 e. The number of aliphatic carboxylic acids is 1. The van der Waals surface area contributed by atoms with E-state index in [1.807, 2.05) is 6.92 Å². The molecule has 3 heterocycles. The van der Waals surface area contributed by atoms with Crippen molar-refractivity contribution < 1.29 is 34.8 Å². The number of carboxylic acid groups (broad SMARTS) is 1. The molecule has 6 N–H and O–H groups in total. The van der Waals surface area contributed by atoms with Gasteiger partial charge in [0.05, 0.1) is 29.8 Å². The van der Waals surface area contributed by atoms with E-state index in [0.29, 0.717) is 17.9 Å². The van der Waals surface area contributed by atoms with Gasteiger partial charge in [0.1, 0.15) is 5.70 Å². The number of aromatic hydroxyl groups is 2. The molecule has 2 fully saturated rings. The molecule has 0 aliphatic carbocycles. The molecule has 0 radical (unpaired) electrons. The van der Waals surface area contributed by atoms with Crippen molar-refractivity contribution >= 4 is 35.2 Å². The second-order valence-corrected chi connectivity index (χ2v) is 9.71. The molecule has 172 valence electrons. The standard InChI is InChI=1S/C21H25N3O7S/c1-8-15-14(9(2)25)20(29)24(15)16(21(30)31)18(8)32-10-6-12(22-7-10)19(28)23-11-4-3-5-13(26)17(11)27/h3-5,8-10,12,14-15,22,25-27H,6-7H2,1-2H3,(H,23,28)(H,30,31)/t8-,9-,10+,12+,14-,15-/m1/s1. The fraction of sp³-hybridized carbons (Fsp3) is 0.476. The summed E-state index contributed by atoms with van der Waals surface area (Å²) < 4.78 is 0. The van der Waals surface area contributed by atoms with Crippen LogP contribution in [0.15, 0.2) is 28.8 Å². The molecule has 11 heteroatoms. The van der Waals surface area contributed by atoms with Gasteiger partial charge in [-0.1, -0.05) is 13.0 Å². The number of para-hydroxylation sites is 1. The highest BCUT2D eigenvalue weighted by molar-refractivity contribution is 8.03. The Hall–Kier alpha value is -2.76. The lowest BCUT2D eigenvalue weighted by Crippen LogP contribution is -2.63. The van der Waals surface area contributed by atoms with Crippen LogP contribution in [0.5, 0.6) is 11.5 Å². The zero-order chi connectivity index (χ0) is 23.3. The third kappa shape index (κ3) is 3.59. The zero-order valence-corrected chi connectivity index (χ0v) is 18.3. The lowest BCUT2D eigenvalue weighted by Gasteiger charge is -2.46. The first-order chi connectivity index (χ1) is 15.1. The molecule has 10 nitrogen and oxygen atoms in total. The number of hydrogen-bond donors (Lipinski definition) is 6. The lowest BCUT2D eigenvalue weighted by molar-refractivity contribution is -0.163. The molecule has 3 aliphatic rings. The Morgan fingerprint density at radius 1 is 1.31 bits per heavy atom. The zero-order valence-electron chi connectivity index (χ0n) is 17.5. The summed E-state index contributed by atoms with van der Waals surface area (Å²) in [5.74, 6) is -3.55. The number of aliphatic hydroxyl groups excluding tert-OH is 1. The molecule has 4 rings (SSSR count). The number of carbonyl (C=O) groups is 3. The molecule has 0 aromatic heterocycles. The third-order valence-corrected chi connectivity index (χ3v) is 7.80. The smallest absolute Gasteiger partial charge is 0.353 e. The Kier molecular flexibility index (Phi) is 5.82. The topological polar surface area (TPSA) is 159 Å². The van der Waals surface area contributed by atoms with Crippen LogP contribution in [-0.2, 0) is 14.4 Å². The van der Waals surface area contributed by atoms with Crippen molar-refractivity contribution in [1.29, 1.82) is 0 Å². The summed E-state index contributed by atoms with van der Waals surface area (Å²) in [4.78, 5) is 38.9. The summed E-state index contributed by atoms with van der Waals surface area (Å²) in [6.45, 7) is 3.85. The van der Waals surface area contributed by atoms with Gasteiger partial charge in [0, 0.05) is 22.6 Å². The average molecular weight is 464 g/mol. The second-order valence-electron chi connectivity index (χ2n) is 8.37. The normalized spacial score (nSPS) is 30.2. The van der Waals surface area contributed by atoms with Crippen LogP contribution in [0.2, 0.25) is 0 Å². The largest absolute Gasteiger partial charge is 0.504 e. The van der Waals surface area contributed by atoms with Crippen LogP contribution in [0.25, 0.3) is 0 Å². The van der Waals surface area contributed by atoms with Gasteiger partial charge in [0.15, 0.2) is 11.5 Å². The lowest BCUT2D eigenvalue weighted by atomic mass is 9.79. The molecule has 0 saturated carbocycles. The SMILES string of the molecule is C[C@@H](O)[C@H]1C(=O)N2C(C(=O)O)=C(S[C@@H]3CN[C@H](C(=O)Nc4cccc(O)c4O)C3)[C@H](C)[C@H]12. The third-order valence-electron chi connectivity index (χ3n) is 6.28. The number of hydrogen-bond acceptors (Lipinski definition) is 8. The van der Waals surface area contributed by atoms with E-state index < -0.39 is 29.8 Å². The van der Waals surface area contributed by atoms with E-state index in [1.165, 1.54) is 41.8 Å². The molecule has 2 amide bonds. The Balaban J connectivity index is 1.45. The molecule has 1 aromatic carbocycles. The molecular formula is C21H25N3O7S. The van der Waals surface area contributed by atoms with E-state index in [1.54, 1.807) is 0 Å². The van der Waals surface area contributed by atoms with Gasteiger partial charge >= 0.3 is 5.97 Å². The summed E-state index contributed by atoms with van der Waals surface area (Å²) in [7, 11) is 0. The number of phenolic OH excluding ortho intramolecular Hbond substituents is 2. The molecular weight excluding hydrogens is 438 g/mol. The van der Waals surface area contributed by atoms with Crippen LogP contribution in [-0.4, -0.2) is 73.1 Å². The molecule has 3 aliphatic heterocycles. The van der Waals surface area contributed by atoms with Crippen molar-refractivity contribution in [3.8, 4) is 11.5 Å². The van der Waals surface area contributed by atoms with Crippen molar-refractivity contribution in [2.45, 2.75) is 43.7 Å². The maximum atomic E-state index is 12.6. The summed E-state index contributed by atoms with van der Waals surface area (Å²) in [6, 6.07) is 3.33. The number of phenols is 2. The average Bonchev–Trinajstić information content (AvgIpc) is 3.28. The summed E-state index contributed by atoms with van der Waals surface area (Å²) in [5.41, 5.74) is 0.0622. The summed E-state index contributed by atoms with van der Waals surface area (Å²) >= 11 is 1.35. The van der Waals surface area contributed by atoms with Crippen LogP contribution in [0, 0.1) is 11.8 Å². The number of amides is 2. The molecule has 0 unspecified atom stereocenters. The van der Waals surface area contributed by atoms with E-state index in [9.17, 15) is 34.8 Å². The number of anilines is 1. The molecule has 32 heavy (non-hydrogen) atoms. The molecule has 1 aromatic rings. The molecule has 0 bridgehead atoms. The predicted octanol–water partition coefficient (Wildman–Crippen LogP) is 0.654.